The van der Waals surface area contributed by atoms with E-state index < -0.39 is 0 Å². The Bertz CT molecular complexity index is 1320. The molecule has 0 bridgehead atoms. The van der Waals surface area contributed by atoms with Crippen molar-refractivity contribution in [1.29, 1.82) is 0 Å². The van der Waals surface area contributed by atoms with E-state index in [1.165, 1.54) is 54.1 Å². The largest absolute Gasteiger partial charge is 0.353 e. The molecule has 2 aliphatic rings. The summed E-state index contributed by atoms with van der Waals surface area (Å²) in [5, 5.41) is 0. The molecule has 1 saturated heterocycles. The number of rotatable bonds is 7. The van der Waals surface area contributed by atoms with Crippen molar-refractivity contribution in [2.75, 3.05) is 20.1 Å². The summed E-state index contributed by atoms with van der Waals surface area (Å²) in [6.45, 7) is 5.25. The van der Waals surface area contributed by atoms with Crippen LogP contribution in [0.5, 0.6) is 0 Å². The summed E-state index contributed by atoms with van der Waals surface area (Å²) in [4.78, 5) is 15.1. The SMILES string of the molecule is CN(Cc1nc2ccccc2n1C[C@H]1CCCN(Cc2cccn2C)C1)C1CCCc2cccnc21. The van der Waals surface area contributed by atoms with Gasteiger partial charge in [-0.3, -0.25) is 14.8 Å². The minimum Gasteiger partial charge on any atom is -0.353 e. The summed E-state index contributed by atoms with van der Waals surface area (Å²) in [7, 11) is 4.40. The van der Waals surface area contributed by atoms with E-state index in [2.05, 4.69) is 87.8 Å². The van der Waals surface area contributed by atoms with Crippen LogP contribution in [0.3, 0.4) is 0 Å². The zero-order valence-corrected chi connectivity index (χ0v) is 21.7. The van der Waals surface area contributed by atoms with E-state index in [9.17, 15) is 0 Å². The molecular formula is C30H38N6. The number of benzene rings is 1. The van der Waals surface area contributed by atoms with Crippen molar-refractivity contribution < 1.29 is 0 Å². The zero-order valence-electron chi connectivity index (χ0n) is 21.7. The molecule has 4 heterocycles. The van der Waals surface area contributed by atoms with Crippen LogP contribution in [0, 0.1) is 5.92 Å². The Hall–Kier alpha value is -2.96. The number of imidazole rings is 1. The average molecular weight is 483 g/mol. The number of aromatic nitrogens is 4. The van der Waals surface area contributed by atoms with Gasteiger partial charge in [0.05, 0.1) is 29.3 Å². The molecule has 188 valence electrons. The molecule has 6 nitrogen and oxygen atoms in total. The quantitative estimate of drug-likeness (QED) is 0.364. The molecule has 6 heteroatoms. The number of aryl methyl sites for hydroxylation is 2. The highest BCUT2D eigenvalue weighted by Gasteiger charge is 2.27. The maximum absolute atomic E-state index is 5.14. The van der Waals surface area contributed by atoms with Crippen molar-refractivity contribution >= 4 is 11.0 Å². The van der Waals surface area contributed by atoms with E-state index in [4.69, 9.17) is 9.97 Å². The number of likely N-dealkylation sites (tertiary alicyclic amines) is 1. The highest BCUT2D eigenvalue weighted by molar-refractivity contribution is 5.75. The summed E-state index contributed by atoms with van der Waals surface area (Å²) in [5.74, 6) is 1.82. The van der Waals surface area contributed by atoms with Gasteiger partial charge in [0.15, 0.2) is 0 Å². The monoisotopic (exact) mass is 482 g/mol. The molecular weight excluding hydrogens is 444 g/mol. The molecule has 2 atom stereocenters. The zero-order chi connectivity index (χ0) is 24.5. The van der Waals surface area contributed by atoms with Crippen LogP contribution in [0.1, 0.15) is 54.5 Å². The second-order valence-corrected chi connectivity index (χ2v) is 10.9. The second kappa shape index (κ2) is 10.2. The molecule has 1 unspecified atom stereocenters. The third-order valence-electron chi connectivity index (χ3n) is 8.30. The van der Waals surface area contributed by atoms with Crippen molar-refractivity contribution in [2.24, 2.45) is 13.0 Å². The number of pyridine rings is 1. The predicted molar refractivity (Wildman–Crippen MR) is 145 cm³/mol. The number of para-hydroxylation sites is 2. The van der Waals surface area contributed by atoms with Crippen LogP contribution in [0.4, 0.5) is 0 Å². The smallest absolute Gasteiger partial charge is 0.124 e. The summed E-state index contributed by atoms with van der Waals surface area (Å²) >= 11 is 0. The first-order chi connectivity index (χ1) is 17.7. The maximum atomic E-state index is 5.14. The molecule has 1 fully saturated rings. The highest BCUT2D eigenvalue weighted by atomic mass is 15.2. The third-order valence-corrected chi connectivity index (χ3v) is 8.30. The van der Waals surface area contributed by atoms with Gasteiger partial charge in [-0.15, -0.1) is 0 Å². The van der Waals surface area contributed by atoms with Crippen molar-refractivity contribution in [3.63, 3.8) is 0 Å². The van der Waals surface area contributed by atoms with E-state index in [-0.39, 0.29) is 0 Å². The standard InChI is InChI=1S/C30H38N6/c1-33-17-8-12-25(33)21-35-18-7-9-23(19-35)20-36-27-14-4-3-13-26(27)32-29(36)22-34(2)28-15-5-10-24-11-6-16-31-30(24)28/h3-4,6,8,11-14,16-17,23,28H,5,7,9-10,15,18-22H2,1-2H3/t23-,28?/m0/s1. The Morgan fingerprint density at radius 2 is 1.94 bits per heavy atom. The van der Waals surface area contributed by atoms with Crippen molar-refractivity contribution in [1.82, 2.24) is 28.9 Å². The molecule has 36 heavy (non-hydrogen) atoms. The molecule has 0 radical (unpaired) electrons. The van der Waals surface area contributed by atoms with Crippen LogP contribution in [-0.4, -0.2) is 49.0 Å². The lowest BCUT2D eigenvalue weighted by Gasteiger charge is -2.34. The van der Waals surface area contributed by atoms with Gasteiger partial charge >= 0.3 is 0 Å². The summed E-state index contributed by atoms with van der Waals surface area (Å²) in [6, 6.07) is 17.8. The Balaban J connectivity index is 1.22. The van der Waals surface area contributed by atoms with Crippen LogP contribution in [0.15, 0.2) is 60.9 Å². The van der Waals surface area contributed by atoms with Gasteiger partial charge in [0, 0.05) is 44.8 Å². The van der Waals surface area contributed by atoms with Crippen LogP contribution in [-0.2, 0) is 33.1 Å². The van der Waals surface area contributed by atoms with Gasteiger partial charge < -0.3 is 9.13 Å². The van der Waals surface area contributed by atoms with E-state index in [0.29, 0.717) is 12.0 Å². The highest BCUT2D eigenvalue weighted by Crippen LogP contribution is 2.33. The van der Waals surface area contributed by atoms with Crippen LogP contribution in [0.25, 0.3) is 11.0 Å². The number of hydrogen-bond donors (Lipinski definition) is 0. The summed E-state index contributed by atoms with van der Waals surface area (Å²) in [5.41, 5.74) is 6.45. The van der Waals surface area contributed by atoms with Gasteiger partial charge in [0.2, 0.25) is 0 Å². The van der Waals surface area contributed by atoms with Gasteiger partial charge in [-0.2, -0.15) is 0 Å². The predicted octanol–water partition coefficient (Wildman–Crippen LogP) is 5.19. The first-order valence-electron chi connectivity index (χ1n) is 13.6. The second-order valence-electron chi connectivity index (χ2n) is 10.9. The van der Waals surface area contributed by atoms with Crippen LogP contribution >= 0.6 is 0 Å². The van der Waals surface area contributed by atoms with E-state index >= 15 is 0 Å². The topological polar surface area (TPSA) is 42.1 Å². The first-order valence-corrected chi connectivity index (χ1v) is 13.6. The molecule has 3 aromatic heterocycles. The summed E-state index contributed by atoms with van der Waals surface area (Å²) in [6.07, 6.45) is 10.2. The molecule has 0 amide bonds. The van der Waals surface area contributed by atoms with Gasteiger partial charge in [-0.25, -0.2) is 4.98 Å². The molecule has 0 N–H and O–H groups in total. The Labute approximate surface area is 214 Å². The van der Waals surface area contributed by atoms with E-state index in [1.54, 1.807) is 0 Å². The van der Waals surface area contributed by atoms with Gasteiger partial charge in [0.25, 0.3) is 0 Å². The van der Waals surface area contributed by atoms with Crippen molar-refractivity contribution in [3.05, 3.63) is 83.7 Å². The fraction of sp³-hybridized carbons (Fsp3) is 0.467. The number of hydrogen-bond acceptors (Lipinski definition) is 4. The van der Waals surface area contributed by atoms with Crippen LogP contribution < -0.4 is 0 Å². The lowest BCUT2D eigenvalue weighted by atomic mass is 9.91. The average Bonchev–Trinajstić information content (AvgIpc) is 3.46. The lowest BCUT2D eigenvalue weighted by Crippen LogP contribution is -2.37. The normalized spacial score (nSPS) is 20.8. The first kappa shape index (κ1) is 23.4. The minimum absolute atomic E-state index is 0.360. The van der Waals surface area contributed by atoms with Gasteiger partial charge in [0.1, 0.15) is 5.82 Å². The fourth-order valence-electron chi connectivity index (χ4n) is 6.39. The van der Waals surface area contributed by atoms with E-state index in [1.807, 2.05) is 6.20 Å². The molecule has 4 aromatic rings. The van der Waals surface area contributed by atoms with Crippen molar-refractivity contribution in [2.45, 2.75) is 57.8 Å². The van der Waals surface area contributed by atoms with Crippen molar-refractivity contribution in [3.8, 4) is 0 Å². The Morgan fingerprint density at radius 1 is 1.03 bits per heavy atom. The number of piperidine rings is 1. The molecule has 0 spiro atoms. The molecule has 1 aliphatic carbocycles. The molecule has 1 aromatic carbocycles. The molecule has 6 rings (SSSR count). The Morgan fingerprint density at radius 3 is 2.83 bits per heavy atom. The maximum Gasteiger partial charge on any atom is 0.124 e. The minimum atomic E-state index is 0.360. The number of nitrogens with zero attached hydrogens (tertiary/aromatic N) is 6. The molecule has 1 aliphatic heterocycles. The lowest BCUT2D eigenvalue weighted by molar-refractivity contribution is 0.151. The fourth-order valence-corrected chi connectivity index (χ4v) is 6.39. The Kier molecular flexibility index (Phi) is 6.63. The summed E-state index contributed by atoms with van der Waals surface area (Å²) < 4.78 is 4.77. The van der Waals surface area contributed by atoms with E-state index in [0.717, 1.165) is 44.5 Å². The van der Waals surface area contributed by atoms with Gasteiger partial charge in [-0.05, 0) is 87.5 Å². The van der Waals surface area contributed by atoms with Gasteiger partial charge in [-0.1, -0.05) is 18.2 Å². The third kappa shape index (κ3) is 4.72. The number of fused-ring (bicyclic) bond motifs is 2. The van der Waals surface area contributed by atoms with Crippen LogP contribution in [0.2, 0.25) is 0 Å². The molecule has 0 saturated carbocycles.